The Bertz CT molecular complexity index is 459. The lowest BCUT2D eigenvalue weighted by atomic mass is 10.2. The van der Waals surface area contributed by atoms with Crippen LogP contribution < -0.4 is 15.4 Å². The molecule has 116 valence electrons. The number of carbonyl (C=O) groups is 2. The van der Waals surface area contributed by atoms with E-state index in [4.69, 9.17) is 9.84 Å². The first-order chi connectivity index (χ1) is 10.1. The van der Waals surface area contributed by atoms with E-state index in [0.29, 0.717) is 12.3 Å². The second-order valence-corrected chi connectivity index (χ2v) is 4.63. The average molecular weight is 294 g/mol. The third-order valence-corrected chi connectivity index (χ3v) is 2.73. The largest absolute Gasteiger partial charge is 0.426 e. The van der Waals surface area contributed by atoms with Crippen LogP contribution in [-0.2, 0) is 9.59 Å². The number of nitrogens with one attached hydrogen (secondary N) is 2. The van der Waals surface area contributed by atoms with E-state index < -0.39 is 5.97 Å². The molecule has 0 aliphatic heterocycles. The van der Waals surface area contributed by atoms with Crippen LogP contribution in [0.25, 0.3) is 0 Å². The fourth-order valence-electron chi connectivity index (χ4n) is 1.61. The molecule has 3 N–H and O–H groups in total. The lowest BCUT2D eigenvalue weighted by Gasteiger charge is -2.15. The van der Waals surface area contributed by atoms with Crippen molar-refractivity contribution in [2.24, 2.45) is 0 Å². The summed E-state index contributed by atoms with van der Waals surface area (Å²) in [4.78, 5) is 22.9. The van der Waals surface area contributed by atoms with Crippen LogP contribution in [0.5, 0.6) is 5.75 Å². The molecular weight excluding hydrogens is 272 g/mol. The fourth-order valence-corrected chi connectivity index (χ4v) is 1.61. The van der Waals surface area contributed by atoms with Crippen molar-refractivity contribution in [1.82, 2.24) is 5.32 Å². The molecule has 0 saturated heterocycles. The molecule has 1 amide bonds. The molecule has 0 radical (unpaired) electrons. The van der Waals surface area contributed by atoms with Gasteiger partial charge in [0.1, 0.15) is 11.8 Å². The van der Waals surface area contributed by atoms with Crippen LogP contribution in [0.15, 0.2) is 24.3 Å². The third-order valence-electron chi connectivity index (χ3n) is 2.73. The highest BCUT2D eigenvalue weighted by atomic mass is 16.5. The molecule has 0 bridgehead atoms. The first-order valence-corrected chi connectivity index (χ1v) is 7.02. The molecule has 6 nitrogen and oxygen atoms in total. The molecule has 0 spiro atoms. The van der Waals surface area contributed by atoms with E-state index in [1.165, 1.54) is 0 Å². The number of ether oxygens (including phenoxy) is 1. The Morgan fingerprint density at radius 1 is 1.29 bits per heavy atom. The van der Waals surface area contributed by atoms with E-state index >= 15 is 0 Å². The van der Waals surface area contributed by atoms with Crippen molar-refractivity contribution in [3.05, 3.63) is 24.3 Å². The second kappa shape index (κ2) is 8.97. The van der Waals surface area contributed by atoms with Crippen molar-refractivity contribution in [2.75, 3.05) is 18.5 Å². The minimum Gasteiger partial charge on any atom is -0.426 e. The van der Waals surface area contributed by atoms with E-state index in [-0.39, 0.29) is 25.0 Å². The number of anilines is 1. The number of amides is 1. The molecule has 1 unspecified atom stereocenters. The summed E-state index contributed by atoms with van der Waals surface area (Å²) in [6.45, 7) is 4.20. The van der Waals surface area contributed by atoms with Crippen molar-refractivity contribution >= 4 is 17.6 Å². The molecule has 0 aliphatic rings. The number of benzene rings is 1. The minimum absolute atomic E-state index is 0.0331. The van der Waals surface area contributed by atoms with Gasteiger partial charge >= 0.3 is 5.97 Å². The lowest BCUT2D eigenvalue weighted by Crippen LogP contribution is -2.37. The number of aliphatic hydroxyl groups excluding tert-OH is 1. The molecule has 0 saturated carbocycles. The Labute approximate surface area is 124 Å². The second-order valence-electron chi connectivity index (χ2n) is 4.63. The highest BCUT2D eigenvalue weighted by Crippen LogP contribution is 2.16. The van der Waals surface area contributed by atoms with Gasteiger partial charge in [-0.1, -0.05) is 6.92 Å². The summed E-state index contributed by atoms with van der Waals surface area (Å²) in [5, 5.41) is 14.5. The molecule has 0 aliphatic carbocycles. The standard InChI is InChI=1S/C15H22N2O4/c1-3-9-16-15(20)11(2)17-12-4-6-13(7-5-12)21-14(19)8-10-18/h4-7,11,17-18H,3,8-10H2,1-2H3,(H,16,20). The predicted octanol–water partition coefficient (Wildman–Crippen LogP) is 1.30. The van der Waals surface area contributed by atoms with Crippen LogP contribution >= 0.6 is 0 Å². The highest BCUT2D eigenvalue weighted by molar-refractivity contribution is 5.84. The molecule has 1 aromatic rings. The maximum absolute atomic E-state index is 11.7. The van der Waals surface area contributed by atoms with Gasteiger partial charge in [-0.3, -0.25) is 9.59 Å². The summed E-state index contributed by atoms with van der Waals surface area (Å²) in [6.07, 6.45) is 0.862. The summed E-state index contributed by atoms with van der Waals surface area (Å²) in [5.74, 6) is -0.136. The van der Waals surface area contributed by atoms with Crippen molar-refractivity contribution < 1.29 is 19.4 Å². The summed E-state index contributed by atoms with van der Waals surface area (Å²) >= 11 is 0. The predicted molar refractivity (Wildman–Crippen MR) is 80.2 cm³/mol. The Hall–Kier alpha value is -2.08. The van der Waals surface area contributed by atoms with Crippen LogP contribution in [0, 0.1) is 0 Å². The number of aliphatic hydroxyl groups is 1. The zero-order valence-electron chi connectivity index (χ0n) is 12.4. The Kier molecular flexibility index (Phi) is 7.25. The van der Waals surface area contributed by atoms with Crippen molar-refractivity contribution in [3.8, 4) is 5.75 Å². The summed E-state index contributed by atoms with van der Waals surface area (Å²) in [6, 6.07) is 6.37. The van der Waals surface area contributed by atoms with Crippen molar-refractivity contribution in [1.29, 1.82) is 0 Å². The summed E-state index contributed by atoms with van der Waals surface area (Å²) in [5.41, 5.74) is 0.760. The molecule has 1 rings (SSSR count). The number of carbonyl (C=O) groups excluding carboxylic acids is 2. The maximum Gasteiger partial charge on any atom is 0.313 e. The highest BCUT2D eigenvalue weighted by Gasteiger charge is 2.11. The lowest BCUT2D eigenvalue weighted by molar-refractivity contribution is -0.135. The Morgan fingerprint density at radius 2 is 1.95 bits per heavy atom. The molecule has 0 heterocycles. The molecule has 1 aromatic carbocycles. The maximum atomic E-state index is 11.7. The van der Waals surface area contributed by atoms with Crippen molar-refractivity contribution in [2.45, 2.75) is 32.7 Å². The summed E-state index contributed by atoms with van der Waals surface area (Å²) < 4.78 is 5.01. The Morgan fingerprint density at radius 3 is 2.52 bits per heavy atom. The third kappa shape index (κ3) is 6.27. The summed E-state index contributed by atoms with van der Waals surface area (Å²) in [7, 11) is 0. The number of esters is 1. The molecule has 6 heteroatoms. The number of hydrogen-bond donors (Lipinski definition) is 3. The van der Waals surface area contributed by atoms with E-state index in [1.807, 2.05) is 6.92 Å². The van der Waals surface area contributed by atoms with E-state index in [2.05, 4.69) is 10.6 Å². The normalized spacial score (nSPS) is 11.6. The van der Waals surface area contributed by atoms with E-state index in [9.17, 15) is 9.59 Å². The van der Waals surface area contributed by atoms with Gasteiger partial charge in [-0.15, -0.1) is 0 Å². The average Bonchev–Trinajstić information content (AvgIpc) is 2.47. The molecule has 1 atom stereocenters. The van der Waals surface area contributed by atoms with Gasteiger partial charge in [-0.25, -0.2) is 0 Å². The van der Waals surface area contributed by atoms with Crippen LogP contribution in [-0.4, -0.2) is 36.2 Å². The quantitative estimate of drug-likeness (QED) is 0.497. The monoisotopic (exact) mass is 294 g/mol. The van der Waals surface area contributed by atoms with Gasteiger partial charge in [0.25, 0.3) is 0 Å². The number of rotatable bonds is 8. The topological polar surface area (TPSA) is 87.7 Å². The van der Waals surface area contributed by atoms with Gasteiger partial charge in [0, 0.05) is 12.2 Å². The Balaban J connectivity index is 2.50. The van der Waals surface area contributed by atoms with E-state index in [0.717, 1.165) is 12.1 Å². The molecule has 21 heavy (non-hydrogen) atoms. The smallest absolute Gasteiger partial charge is 0.313 e. The van der Waals surface area contributed by atoms with Crippen LogP contribution in [0.1, 0.15) is 26.7 Å². The van der Waals surface area contributed by atoms with Gasteiger partial charge in [-0.05, 0) is 37.6 Å². The van der Waals surface area contributed by atoms with Gasteiger partial charge in [0.2, 0.25) is 5.91 Å². The van der Waals surface area contributed by atoms with Crippen LogP contribution in [0.3, 0.4) is 0 Å². The SMILES string of the molecule is CCCNC(=O)C(C)Nc1ccc(OC(=O)CCO)cc1. The van der Waals surface area contributed by atoms with Crippen molar-refractivity contribution in [3.63, 3.8) is 0 Å². The zero-order chi connectivity index (χ0) is 15.7. The van der Waals surface area contributed by atoms with Crippen LogP contribution in [0.2, 0.25) is 0 Å². The zero-order valence-corrected chi connectivity index (χ0v) is 12.4. The van der Waals surface area contributed by atoms with Gasteiger partial charge in [-0.2, -0.15) is 0 Å². The minimum atomic E-state index is -0.481. The van der Waals surface area contributed by atoms with E-state index in [1.54, 1.807) is 31.2 Å². The number of hydrogen-bond acceptors (Lipinski definition) is 5. The van der Waals surface area contributed by atoms with Gasteiger partial charge < -0.3 is 20.5 Å². The fraction of sp³-hybridized carbons (Fsp3) is 0.467. The van der Waals surface area contributed by atoms with Gasteiger partial charge in [0.15, 0.2) is 0 Å². The molecule has 0 aromatic heterocycles. The molecular formula is C15H22N2O4. The first-order valence-electron chi connectivity index (χ1n) is 7.02. The first kappa shape index (κ1) is 17.0. The van der Waals surface area contributed by atoms with Crippen LogP contribution in [0.4, 0.5) is 5.69 Å². The van der Waals surface area contributed by atoms with Gasteiger partial charge in [0.05, 0.1) is 13.0 Å². The molecule has 0 fully saturated rings.